The fourth-order valence-corrected chi connectivity index (χ4v) is 4.09. The first-order valence-corrected chi connectivity index (χ1v) is 11.0. The van der Waals surface area contributed by atoms with Gasteiger partial charge in [-0.2, -0.15) is 0 Å². The van der Waals surface area contributed by atoms with Gasteiger partial charge in [0.1, 0.15) is 0 Å². The minimum Gasteiger partial charge on any atom is -0.374 e. The molecule has 1 amide bonds. The number of sulfonamides is 1. The SMILES string of the molecule is CN(C)S(=O)(=O)c1ccc(C(=O)NC[C@H]2CN(Cc3ccccc3)CCO2)cc1. The number of nitrogens with one attached hydrogen (secondary N) is 1. The molecular weight excluding hydrogens is 390 g/mol. The van der Waals surface area contributed by atoms with Crippen molar-refractivity contribution in [1.29, 1.82) is 0 Å². The van der Waals surface area contributed by atoms with Gasteiger partial charge < -0.3 is 10.1 Å². The molecule has 0 spiro atoms. The number of morpholine rings is 1. The Morgan fingerprint density at radius 2 is 1.83 bits per heavy atom. The van der Waals surface area contributed by atoms with E-state index >= 15 is 0 Å². The van der Waals surface area contributed by atoms with E-state index in [9.17, 15) is 13.2 Å². The Kier molecular flexibility index (Phi) is 7.02. The zero-order valence-electron chi connectivity index (χ0n) is 16.7. The number of hydrogen-bond donors (Lipinski definition) is 1. The molecule has 1 fully saturated rings. The van der Waals surface area contributed by atoms with Gasteiger partial charge in [0, 0.05) is 45.8 Å². The molecule has 2 aromatic rings. The fraction of sp³-hybridized carbons (Fsp3) is 0.381. The first-order valence-electron chi connectivity index (χ1n) is 9.55. The summed E-state index contributed by atoms with van der Waals surface area (Å²) in [5.74, 6) is -0.248. The zero-order chi connectivity index (χ0) is 20.9. The predicted molar refractivity (Wildman–Crippen MR) is 111 cm³/mol. The minimum absolute atomic E-state index is 0.0789. The van der Waals surface area contributed by atoms with E-state index in [4.69, 9.17) is 4.74 Å². The van der Waals surface area contributed by atoms with Crippen molar-refractivity contribution >= 4 is 15.9 Å². The maximum Gasteiger partial charge on any atom is 0.251 e. The van der Waals surface area contributed by atoms with Crippen molar-refractivity contribution in [2.24, 2.45) is 0 Å². The Bertz CT molecular complexity index is 915. The molecule has 1 aliphatic heterocycles. The maximum absolute atomic E-state index is 12.4. The van der Waals surface area contributed by atoms with Gasteiger partial charge in [-0.05, 0) is 29.8 Å². The molecular formula is C21H27N3O4S. The average molecular weight is 418 g/mol. The number of carbonyl (C=O) groups is 1. The zero-order valence-corrected chi connectivity index (χ0v) is 17.6. The third kappa shape index (κ3) is 5.63. The molecule has 29 heavy (non-hydrogen) atoms. The quantitative estimate of drug-likeness (QED) is 0.740. The number of benzene rings is 2. The van der Waals surface area contributed by atoms with E-state index in [0.29, 0.717) is 18.7 Å². The van der Waals surface area contributed by atoms with Gasteiger partial charge in [-0.15, -0.1) is 0 Å². The first kappa shape index (κ1) is 21.4. The number of carbonyl (C=O) groups excluding carboxylic acids is 1. The topological polar surface area (TPSA) is 79.0 Å². The van der Waals surface area contributed by atoms with Crippen LogP contribution in [0.4, 0.5) is 0 Å². The van der Waals surface area contributed by atoms with Gasteiger partial charge >= 0.3 is 0 Å². The number of nitrogens with zero attached hydrogens (tertiary/aromatic N) is 2. The summed E-state index contributed by atoms with van der Waals surface area (Å²) in [6.07, 6.45) is -0.0789. The Balaban J connectivity index is 1.52. The normalized spacial score (nSPS) is 18.0. The number of hydrogen-bond acceptors (Lipinski definition) is 5. The molecule has 0 bridgehead atoms. The highest BCUT2D eigenvalue weighted by atomic mass is 32.2. The van der Waals surface area contributed by atoms with Crippen LogP contribution in [0.5, 0.6) is 0 Å². The first-order chi connectivity index (χ1) is 13.9. The van der Waals surface area contributed by atoms with Gasteiger partial charge in [0.05, 0.1) is 17.6 Å². The molecule has 1 saturated heterocycles. The molecule has 1 atom stereocenters. The van der Waals surface area contributed by atoms with Crippen LogP contribution in [-0.2, 0) is 21.3 Å². The highest BCUT2D eigenvalue weighted by molar-refractivity contribution is 7.89. The second kappa shape index (κ2) is 9.49. The summed E-state index contributed by atoms with van der Waals surface area (Å²) in [6, 6.07) is 16.2. The fourth-order valence-electron chi connectivity index (χ4n) is 3.19. The smallest absolute Gasteiger partial charge is 0.251 e. The Hall–Kier alpha value is -2.26. The van der Waals surface area contributed by atoms with Crippen molar-refractivity contribution in [3.8, 4) is 0 Å². The largest absolute Gasteiger partial charge is 0.374 e. The van der Waals surface area contributed by atoms with Crippen molar-refractivity contribution in [3.05, 3.63) is 65.7 Å². The number of rotatable bonds is 7. The van der Waals surface area contributed by atoms with Gasteiger partial charge in [0.15, 0.2) is 0 Å². The van der Waals surface area contributed by atoms with E-state index in [2.05, 4.69) is 22.3 Å². The second-order valence-corrected chi connectivity index (χ2v) is 9.39. The van der Waals surface area contributed by atoms with Crippen LogP contribution in [0.25, 0.3) is 0 Å². The van der Waals surface area contributed by atoms with Crippen molar-refractivity contribution < 1.29 is 17.9 Å². The van der Waals surface area contributed by atoms with E-state index in [-0.39, 0.29) is 16.9 Å². The molecule has 8 heteroatoms. The summed E-state index contributed by atoms with van der Waals surface area (Å²) in [4.78, 5) is 14.9. The third-order valence-corrected chi connectivity index (χ3v) is 6.69. The van der Waals surface area contributed by atoms with Gasteiger partial charge in [0.2, 0.25) is 10.0 Å². The lowest BCUT2D eigenvalue weighted by Crippen LogP contribution is -2.47. The monoisotopic (exact) mass is 417 g/mol. The summed E-state index contributed by atoms with van der Waals surface area (Å²) in [5.41, 5.74) is 1.67. The molecule has 0 aromatic heterocycles. The van der Waals surface area contributed by atoms with E-state index < -0.39 is 10.0 Å². The van der Waals surface area contributed by atoms with Crippen molar-refractivity contribution in [1.82, 2.24) is 14.5 Å². The summed E-state index contributed by atoms with van der Waals surface area (Å²) < 4.78 is 31.1. The van der Waals surface area contributed by atoms with Crippen LogP contribution in [0.15, 0.2) is 59.5 Å². The molecule has 156 valence electrons. The van der Waals surface area contributed by atoms with Crippen LogP contribution in [0, 0.1) is 0 Å². The predicted octanol–water partition coefficient (Wildman–Crippen LogP) is 1.57. The summed E-state index contributed by atoms with van der Waals surface area (Å²) in [5, 5.41) is 2.88. The van der Waals surface area contributed by atoms with Crippen LogP contribution in [-0.4, -0.2) is 70.0 Å². The van der Waals surface area contributed by atoms with E-state index in [1.54, 1.807) is 0 Å². The molecule has 0 aliphatic carbocycles. The number of ether oxygens (including phenoxy) is 1. The Morgan fingerprint density at radius 1 is 1.14 bits per heavy atom. The molecule has 1 aliphatic rings. The summed E-state index contributed by atoms with van der Waals surface area (Å²) >= 11 is 0. The molecule has 1 heterocycles. The van der Waals surface area contributed by atoms with Crippen LogP contribution >= 0.6 is 0 Å². The summed E-state index contributed by atoms with van der Waals surface area (Å²) in [6.45, 7) is 3.50. The van der Waals surface area contributed by atoms with Crippen LogP contribution < -0.4 is 5.32 Å². The Morgan fingerprint density at radius 3 is 2.48 bits per heavy atom. The van der Waals surface area contributed by atoms with E-state index in [0.717, 1.165) is 23.9 Å². The van der Waals surface area contributed by atoms with Crippen molar-refractivity contribution in [3.63, 3.8) is 0 Å². The third-order valence-electron chi connectivity index (χ3n) is 4.86. The molecule has 0 unspecified atom stereocenters. The number of amides is 1. The highest BCUT2D eigenvalue weighted by Gasteiger charge is 2.22. The van der Waals surface area contributed by atoms with E-state index in [1.165, 1.54) is 43.9 Å². The Labute approximate surface area is 172 Å². The van der Waals surface area contributed by atoms with Crippen LogP contribution in [0.1, 0.15) is 15.9 Å². The lowest BCUT2D eigenvalue weighted by Gasteiger charge is -2.33. The molecule has 3 rings (SSSR count). The van der Waals surface area contributed by atoms with Crippen LogP contribution in [0.2, 0.25) is 0 Å². The molecule has 2 aromatic carbocycles. The van der Waals surface area contributed by atoms with E-state index in [1.807, 2.05) is 18.2 Å². The standard InChI is InChI=1S/C21H27N3O4S/c1-23(2)29(26,27)20-10-8-18(9-11-20)21(25)22-14-19-16-24(12-13-28-19)15-17-6-4-3-5-7-17/h3-11,19H,12-16H2,1-2H3,(H,22,25)/t19-/m0/s1. The lowest BCUT2D eigenvalue weighted by atomic mass is 10.2. The van der Waals surface area contributed by atoms with Crippen LogP contribution in [0.3, 0.4) is 0 Å². The minimum atomic E-state index is -3.50. The van der Waals surface area contributed by atoms with Crippen molar-refractivity contribution in [2.75, 3.05) is 40.3 Å². The molecule has 0 saturated carbocycles. The van der Waals surface area contributed by atoms with Crippen molar-refractivity contribution in [2.45, 2.75) is 17.5 Å². The average Bonchev–Trinajstić information content (AvgIpc) is 2.73. The molecule has 1 N–H and O–H groups in total. The van der Waals surface area contributed by atoms with Gasteiger partial charge in [-0.3, -0.25) is 9.69 Å². The van der Waals surface area contributed by atoms with Gasteiger partial charge in [0.25, 0.3) is 5.91 Å². The lowest BCUT2D eigenvalue weighted by molar-refractivity contribution is -0.0292. The highest BCUT2D eigenvalue weighted by Crippen LogP contribution is 2.14. The van der Waals surface area contributed by atoms with Gasteiger partial charge in [-0.25, -0.2) is 12.7 Å². The summed E-state index contributed by atoms with van der Waals surface area (Å²) in [7, 11) is -0.558. The molecule has 7 nitrogen and oxygen atoms in total. The maximum atomic E-state index is 12.4. The van der Waals surface area contributed by atoms with Gasteiger partial charge in [-0.1, -0.05) is 30.3 Å². The molecule has 0 radical (unpaired) electrons. The second-order valence-electron chi connectivity index (χ2n) is 7.24.